The van der Waals surface area contributed by atoms with Crippen molar-refractivity contribution < 1.29 is 22.7 Å². The second-order valence-corrected chi connectivity index (χ2v) is 5.36. The van der Waals surface area contributed by atoms with Crippen molar-refractivity contribution in [3.05, 3.63) is 22.1 Å². The number of carbonyl (C=O) groups is 1. The van der Waals surface area contributed by atoms with Gasteiger partial charge < -0.3 is 14.8 Å². The molecule has 0 aliphatic heterocycles. The van der Waals surface area contributed by atoms with Crippen LogP contribution in [0.4, 0.5) is 18.9 Å². The average molecular weight is 319 g/mol. The molecule has 0 bridgehead atoms. The smallest absolute Gasteiger partial charge is 0.379 e. The number of carbonyl (C=O) groups excluding carboxylic acids is 1. The van der Waals surface area contributed by atoms with Crippen molar-refractivity contribution in [2.24, 2.45) is 11.8 Å². The average Bonchev–Trinajstić information content (AvgIpc) is 3.15. The fraction of sp³-hybridized carbons (Fsp3) is 0.615. The van der Waals surface area contributed by atoms with Gasteiger partial charge in [-0.05, 0) is 19.3 Å². The molecular formula is C13H16F3N3O3. The summed E-state index contributed by atoms with van der Waals surface area (Å²) < 4.78 is 43.9. The van der Waals surface area contributed by atoms with Gasteiger partial charge in [0.1, 0.15) is 11.8 Å². The van der Waals surface area contributed by atoms with Crippen molar-refractivity contribution in [1.29, 1.82) is 0 Å². The van der Waals surface area contributed by atoms with Crippen molar-refractivity contribution >= 4 is 12.0 Å². The first kappa shape index (κ1) is 16.5. The minimum Gasteiger partial charge on any atom is -0.379 e. The van der Waals surface area contributed by atoms with Crippen LogP contribution in [0, 0.1) is 11.8 Å². The van der Waals surface area contributed by atoms with Crippen LogP contribution in [0.5, 0.6) is 0 Å². The summed E-state index contributed by atoms with van der Waals surface area (Å²) in [6.07, 6.45) is -2.18. The number of nitrogens with one attached hydrogen (secondary N) is 2. The van der Waals surface area contributed by atoms with Gasteiger partial charge in [0.2, 0.25) is 0 Å². The molecule has 2 rings (SSSR count). The van der Waals surface area contributed by atoms with Crippen LogP contribution in [0.3, 0.4) is 0 Å². The largest absolute Gasteiger partial charge is 0.423 e. The first-order valence-electron chi connectivity index (χ1n) is 6.77. The number of anilines is 1. The van der Waals surface area contributed by atoms with Gasteiger partial charge in [0.25, 0.3) is 5.56 Å². The van der Waals surface area contributed by atoms with Crippen LogP contribution >= 0.6 is 0 Å². The summed E-state index contributed by atoms with van der Waals surface area (Å²) in [7, 11) is 0. The lowest BCUT2D eigenvalue weighted by Crippen LogP contribution is -2.29. The number of aromatic nitrogens is 2. The Morgan fingerprint density at radius 2 is 2.32 bits per heavy atom. The van der Waals surface area contributed by atoms with Crippen LogP contribution in [0.25, 0.3) is 0 Å². The summed E-state index contributed by atoms with van der Waals surface area (Å²) in [4.78, 5) is 21.8. The predicted molar refractivity (Wildman–Crippen MR) is 71.4 cm³/mol. The molecule has 3 atom stereocenters. The second-order valence-electron chi connectivity index (χ2n) is 5.36. The number of alkyl halides is 3. The van der Waals surface area contributed by atoms with Crippen LogP contribution in [-0.4, -0.2) is 35.7 Å². The zero-order valence-corrected chi connectivity index (χ0v) is 11.8. The Hall–Kier alpha value is -1.90. The number of H-pyrrole nitrogens is 1. The normalized spacial score (nSPS) is 22.2. The summed E-state index contributed by atoms with van der Waals surface area (Å²) in [5.41, 5.74) is -2.99. The number of halogens is 3. The molecule has 6 nitrogen and oxygen atoms in total. The lowest BCUT2D eigenvalue weighted by atomic mass is 10.2. The molecule has 122 valence electrons. The third-order valence-corrected chi connectivity index (χ3v) is 3.39. The van der Waals surface area contributed by atoms with Crippen molar-refractivity contribution in [3.8, 4) is 0 Å². The Labute approximate surface area is 124 Å². The Morgan fingerprint density at radius 1 is 1.59 bits per heavy atom. The van der Waals surface area contributed by atoms with Gasteiger partial charge in [-0.1, -0.05) is 0 Å². The molecule has 0 amide bonds. The molecule has 1 heterocycles. The first-order valence-corrected chi connectivity index (χ1v) is 6.77. The molecule has 1 aromatic heterocycles. The van der Waals surface area contributed by atoms with Gasteiger partial charge >= 0.3 is 6.18 Å². The highest BCUT2D eigenvalue weighted by molar-refractivity contribution is 5.58. The zero-order valence-electron chi connectivity index (χ0n) is 11.8. The Bertz CT molecular complexity index is 588. The van der Waals surface area contributed by atoms with E-state index in [1.165, 1.54) is 0 Å². The SMILES string of the molecule is C[C@@H](COCC1CC1C=O)Nc1cn[nH]c(=O)c1C(F)(F)F. The Morgan fingerprint density at radius 3 is 2.91 bits per heavy atom. The van der Waals surface area contributed by atoms with Crippen LogP contribution in [0.1, 0.15) is 18.9 Å². The molecule has 2 N–H and O–H groups in total. The Balaban J connectivity index is 1.91. The van der Waals surface area contributed by atoms with Gasteiger partial charge in [-0.2, -0.15) is 18.3 Å². The first-order chi connectivity index (χ1) is 10.3. The van der Waals surface area contributed by atoms with Crippen LogP contribution < -0.4 is 10.9 Å². The maximum Gasteiger partial charge on any atom is 0.423 e. The number of nitrogens with zero attached hydrogens (tertiary/aromatic N) is 1. The highest BCUT2D eigenvalue weighted by Gasteiger charge is 2.38. The molecule has 1 aromatic rings. The topological polar surface area (TPSA) is 84.1 Å². The molecule has 1 fully saturated rings. The molecule has 0 aromatic carbocycles. The summed E-state index contributed by atoms with van der Waals surface area (Å²) in [5, 5.41) is 7.72. The fourth-order valence-corrected chi connectivity index (χ4v) is 2.12. The fourth-order valence-electron chi connectivity index (χ4n) is 2.12. The maximum absolute atomic E-state index is 12.9. The van der Waals surface area contributed by atoms with E-state index in [0.717, 1.165) is 18.9 Å². The van der Waals surface area contributed by atoms with Crippen molar-refractivity contribution in [2.45, 2.75) is 25.6 Å². The number of aromatic amines is 1. The molecule has 9 heteroatoms. The van der Waals surface area contributed by atoms with E-state index in [-0.39, 0.29) is 24.1 Å². The van der Waals surface area contributed by atoms with Crippen molar-refractivity contribution in [3.63, 3.8) is 0 Å². The quantitative estimate of drug-likeness (QED) is 0.743. The standard InChI is InChI=1S/C13H16F3N3O3/c1-7(5-22-6-9-2-8(9)4-20)18-10-3-17-19-12(21)11(10)13(14,15)16/h3-4,7-9H,2,5-6H2,1H3,(H2,18,19,21)/t7-,8?,9?/m0/s1. The van der Waals surface area contributed by atoms with E-state index in [1.54, 1.807) is 12.0 Å². The second kappa shape index (κ2) is 6.47. The van der Waals surface area contributed by atoms with Crippen LogP contribution in [-0.2, 0) is 15.7 Å². The third-order valence-electron chi connectivity index (χ3n) is 3.39. The van der Waals surface area contributed by atoms with Crippen LogP contribution in [0.2, 0.25) is 0 Å². The highest BCUT2D eigenvalue weighted by atomic mass is 19.4. The van der Waals surface area contributed by atoms with Crippen molar-refractivity contribution in [2.75, 3.05) is 18.5 Å². The molecular weight excluding hydrogens is 303 g/mol. The molecule has 1 aliphatic carbocycles. The summed E-state index contributed by atoms with van der Waals surface area (Å²) in [6, 6.07) is -0.446. The predicted octanol–water partition coefficient (Wildman–Crippen LogP) is 1.44. The van der Waals surface area contributed by atoms with E-state index in [0.29, 0.717) is 6.61 Å². The van der Waals surface area contributed by atoms with Gasteiger partial charge in [-0.3, -0.25) is 4.79 Å². The van der Waals surface area contributed by atoms with Crippen molar-refractivity contribution in [1.82, 2.24) is 10.2 Å². The maximum atomic E-state index is 12.9. The number of hydrogen-bond acceptors (Lipinski definition) is 5. The molecule has 0 saturated heterocycles. The molecule has 22 heavy (non-hydrogen) atoms. The molecule has 0 radical (unpaired) electrons. The molecule has 0 spiro atoms. The third kappa shape index (κ3) is 4.06. The van der Waals surface area contributed by atoms with Gasteiger partial charge in [0.15, 0.2) is 0 Å². The van der Waals surface area contributed by atoms with Gasteiger partial charge in [-0.25, -0.2) is 5.10 Å². The highest BCUT2D eigenvalue weighted by Crippen LogP contribution is 2.36. The van der Waals surface area contributed by atoms with E-state index in [2.05, 4.69) is 10.4 Å². The lowest BCUT2D eigenvalue weighted by molar-refractivity contribution is -0.138. The number of aldehydes is 1. The molecule has 1 aliphatic rings. The minimum atomic E-state index is -4.77. The Kier molecular flexibility index (Phi) is 4.84. The van der Waals surface area contributed by atoms with E-state index in [4.69, 9.17) is 4.74 Å². The molecule has 1 saturated carbocycles. The van der Waals surface area contributed by atoms with Gasteiger partial charge in [-0.15, -0.1) is 0 Å². The molecule has 2 unspecified atom stereocenters. The van der Waals surface area contributed by atoms with E-state index in [1.807, 2.05) is 0 Å². The summed E-state index contributed by atoms with van der Waals surface area (Å²) >= 11 is 0. The monoisotopic (exact) mass is 319 g/mol. The number of rotatable bonds is 7. The number of hydrogen-bond donors (Lipinski definition) is 2. The van der Waals surface area contributed by atoms with Gasteiger partial charge in [0, 0.05) is 12.0 Å². The van der Waals surface area contributed by atoms with E-state index in [9.17, 15) is 22.8 Å². The van der Waals surface area contributed by atoms with E-state index >= 15 is 0 Å². The zero-order chi connectivity index (χ0) is 16.3. The van der Waals surface area contributed by atoms with Crippen LogP contribution in [0.15, 0.2) is 11.0 Å². The summed E-state index contributed by atoms with van der Waals surface area (Å²) in [6.45, 7) is 2.19. The van der Waals surface area contributed by atoms with Gasteiger partial charge in [0.05, 0.1) is 25.1 Å². The summed E-state index contributed by atoms with van der Waals surface area (Å²) in [5.74, 6) is 0.244. The number of ether oxygens (including phenoxy) is 1. The lowest BCUT2D eigenvalue weighted by Gasteiger charge is -2.18. The van der Waals surface area contributed by atoms with E-state index < -0.39 is 23.3 Å². The minimum absolute atomic E-state index is 0.0389.